The molecule has 2 rings (SSSR count). The van der Waals surface area contributed by atoms with Gasteiger partial charge in [0.2, 0.25) is 0 Å². The normalized spacial score (nSPS) is 14.8. The van der Waals surface area contributed by atoms with Gasteiger partial charge in [0.05, 0.1) is 0 Å². The van der Waals surface area contributed by atoms with Gasteiger partial charge in [0, 0.05) is 13.1 Å². The van der Waals surface area contributed by atoms with Crippen LogP contribution in [0.2, 0.25) is 0 Å². The predicted molar refractivity (Wildman–Crippen MR) is 75.6 cm³/mol. The number of benzene rings is 1. The molecular weight excluding hydrogens is 256 g/mol. The van der Waals surface area contributed by atoms with Crippen LogP contribution in [0, 0.1) is 0 Å². The summed E-state index contributed by atoms with van der Waals surface area (Å²) in [6, 6.07) is 7.78. The minimum Gasteiger partial charge on any atom is -0.480 e. The van der Waals surface area contributed by atoms with Gasteiger partial charge < -0.3 is 15.3 Å². The van der Waals surface area contributed by atoms with Crippen LogP contribution in [-0.2, 0) is 17.6 Å². The fraction of sp³-hybridized carbons (Fsp3) is 0.467. The molecule has 0 aromatic heterocycles. The molecule has 108 valence electrons. The Balaban J connectivity index is 1.99. The zero-order valence-electron chi connectivity index (χ0n) is 12.0. The first kappa shape index (κ1) is 14.4. The zero-order chi connectivity index (χ0) is 14.9. The van der Waals surface area contributed by atoms with Crippen LogP contribution >= 0.6 is 0 Å². The highest BCUT2D eigenvalue weighted by molar-refractivity contribution is 5.85. The van der Waals surface area contributed by atoms with E-state index in [2.05, 4.69) is 17.4 Å². The Morgan fingerprint density at radius 2 is 1.75 bits per heavy atom. The molecule has 0 radical (unpaired) electrons. The molecule has 1 aliphatic carbocycles. The molecule has 5 nitrogen and oxygen atoms in total. The number of fused-ring (bicyclic) bond motifs is 1. The van der Waals surface area contributed by atoms with E-state index in [0.29, 0.717) is 0 Å². The molecule has 0 bridgehead atoms. The van der Waals surface area contributed by atoms with Crippen LogP contribution in [0.15, 0.2) is 24.3 Å². The molecule has 0 atom stereocenters. The molecule has 2 N–H and O–H groups in total. The Labute approximate surface area is 118 Å². The van der Waals surface area contributed by atoms with Crippen LogP contribution in [0.25, 0.3) is 0 Å². The summed E-state index contributed by atoms with van der Waals surface area (Å²) in [4.78, 5) is 24.5. The second-order valence-electron chi connectivity index (χ2n) is 5.75. The lowest BCUT2D eigenvalue weighted by Gasteiger charge is -2.32. The van der Waals surface area contributed by atoms with Gasteiger partial charge in [0.1, 0.15) is 5.54 Å². The number of carboxylic acids is 1. The maximum absolute atomic E-state index is 12.2. The maximum atomic E-state index is 12.2. The number of hydrogen-bond acceptors (Lipinski definition) is 2. The number of nitrogens with zero attached hydrogens (tertiary/aromatic N) is 1. The molecule has 1 aliphatic rings. The first-order valence-electron chi connectivity index (χ1n) is 6.67. The monoisotopic (exact) mass is 276 g/mol. The van der Waals surface area contributed by atoms with Crippen molar-refractivity contribution >= 4 is 12.0 Å². The lowest BCUT2D eigenvalue weighted by molar-refractivity contribution is -0.146. The van der Waals surface area contributed by atoms with E-state index in [1.54, 1.807) is 0 Å². The zero-order valence-corrected chi connectivity index (χ0v) is 12.0. The topological polar surface area (TPSA) is 69.6 Å². The van der Waals surface area contributed by atoms with Gasteiger partial charge in [-0.1, -0.05) is 24.3 Å². The number of carboxylic acid groups (broad SMARTS) is 1. The largest absolute Gasteiger partial charge is 0.480 e. The highest BCUT2D eigenvalue weighted by Gasteiger charge is 2.36. The summed E-state index contributed by atoms with van der Waals surface area (Å²) in [5.74, 6) is -1.02. The summed E-state index contributed by atoms with van der Waals surface area (Å²) in [7, 11) is 1.51. The predicted octanol–water partition coefficient (Wildman–Crippen LogP) is 1.66. The van der Waals surface area contributed by atoms with Crippen LogP contribution in [0.3, 0.4) is 0 Å². The third kappa shape index (κ3) is 2.61. The van der Waals surface area contributed by atoms with Crippen LogP contribution in [0.5, 0.6) is 0 Å². The summed E-state index contributed by atoms with van der Waals surface area (Å²) < 4.78 is 0. The van der Waals surface area contributed by atoms with Crippen molar-refractivity contribution in [3.63, 3.8) is 0 Å². The number of aliphatic carboxylic acids is 1. The summed E-state index contributed by atoms with van der Waals surface area (Å²) in [6.07, 6.45) is 1.59. The summed E-state index contributed by atoms with van der Waals surface area (Å²) >= 11 is 0. The number of amides is 2. The van der Waals surface area contributed by atoms with Gasteiger partial charge in [-0.3, -0.25) is 0 Å². The van der Waals surface area contributed by atoms with Crippen molar-refractivity contribution in [2.24, 2.45) is 0 Å². The Kier molecular flexibility index (Phi) is 3.70. The van der Waals surface area contributed by atoms with Crippen molar-refractivity contribution in [2.45, 2.75) is 38.3 Å². The molecule has 0 saturated carbocycles. The summed E-state index contributed by atoms with van der Waals surface area (Å²) in [5.41, 5.74) is 1.27. The number of carbonyl (C=O) groups excluding carboxylic acids is 1. The van der Waals surface area contributed by atoms with E-state index in [4.69, 9.17) is 5.11 Å². The summed E-state index contributed by atoms with van der Waals surface area (Å²) in [5, 5.41) is 12.1. The van der Waals surface area contributed by atoms with E-state index < -0.39 is 11.5 Å². The molecule has 0 fully saturated rings. The maximum Gasteiger partial charge on any atom is 0.329 e. The van der Waals surface area contributed by atoms with E-state index in [1.165, 1.54) is 36.9 Å². The third-order valence-electron chi connectivity index (χ3n) is 4.05. The number of hydrogen-bond donors (Lipinski definition) is 2. The van der Waals surface area contributed by atoms with Crippen LogP contribution in [-0.4, -0.2) is 40.6 Å². The lowest BCUT2D eigenvalue weighted by Crippen LogP contribution is -2.55. The molecule has 20 heavy (non-hydrogen) atoms. The van der Waals surface area contributed by atoms with Gasteiger partial charge in [-0.25, -0.2) is 9.59 Å². The van der Waals surface area contributed by atoms with Crippen LogP contribution < -0.4 is 5.32 Å². The van der Waals surface area contributed by atoms with Crippen LogP contribution in [0.1, 0.15) is 25.0 Å². The molecule has 0 aliphatic heterocycles. The Bertz CT molecular complexity index is 515. The Morgan fingerprint density at radius 1 is 1.25 bits per heavy atom. The van der Waals surface area contributed by atoms with Gasteiger partial charge in [0.15, 0.2) is 0 Å². The average molecular weight is 276 g/mol. The number of urea groups is 1. The molecule has 0 unspecified atom stereocenters. The molecule has 1 aromatic carbocycles. The standard InChI is InChI=1S/C15H20N2O3/c1-15(2,13(18)19)17(3)14(20)16-12-8-10-6-4-5-7-11(10)9-12/h4-7,12H,8-9H2,1-3H3,(H,16,20)(H,18,19). The summed E-state index contributed by atoms with van der Waals surface area (Å²) in [6.45, 7) is 3.02. The number of rotatable bonds is 3. The molecule has 0 saturated heterocycles. The molecule has 5 heteroatoms. The van der Waals surface area contributed by atoms with Crippen LogP contribution in [0.4, 0.5) is 4.79 Å². The van der Waals surface area contributed by atoms with Gasteiger partial charge >= 0.3 is 12.0 Å². The van der Waals surface area contributed by atoms with E-state index >= 15 is 0 Å². The second kappa shape index (κ2) is 5.15. The van der Waals surface area contributed by atoms with Gasteiger partial charge in [-0.15, -0.1) is 0 Å². The molecule has 1 aromatic rings. The minimum atomic E-state index is -1.23. The van der Waals surface area contributed by atoms with Crippen molar-refractivity contribution < 1.29 is 14.7 Å². The molecule has 2 amide bonds. The fourth-order valence-corrected chi connectivity index (χ4v) is 2.33. The fourth-order valence-electron chi connectivity index (χ4n) is 2.33. The van der Waals surface area contributed by atoms with E-state index in [-0.39, 0.29) is 12.1 Å². The van der Waals surface area contributed by atoms with Gasteiger partial charge in [-0.05, 0) is 37.8 Å². The number of likely N-dealkylation sites (N-methyl/N-ethyl adjacent to an activating group) is 1. The molecular formula is C15H20N2O3. The number of carbonyl (C=O) groups is 2. The Morgan fingerprint density at radius 3 is 2.20 bits per heavy atom. The quantitative estimate of drug-likeness (QED) is 0.882. The molecule has 0 heterocycles. The van der Waals surface area contributed by atoms with Gasteiger partial charge in [-0.2, -0.15) is 0 Å². The average Bonchev–Trinajstić information content (AvgIpc) is 2.79. The van der Waals surface area contributed by atoms with Crippen molar-refractivity contribution in [1.82, 2.24) is 10.2 Å². The van der Waals surface area contributed by atoms with E-state index in [0.717, 1.165) is 12.8 Å². The Hall–Kier alpha value is -2.04. The minimum absolute atomic E-state index is 0.0342. The van der Waals surface area contributed by atoms with E-state index in [1.807, 2.05) is 12.1 Å². The second-order valence-corrected chi connectivity index (χ2v) is 5.75. The number of nitrogens with one attached hydrogen (secondary N) is 1. The van der Waals surface area contributed by atoms with Gasteiger partial charge in [0.25, 0.3) is 0 Å². The lowest BCUT2D eigenvalue weighted by atomic mass is 10.0. The van der Waals surface area contributed by atoms with Crippen molar-refractivity contribution in [2.75, 3.05) is 7.05 Å². The van der Waals surface area contributed by atoms with Crippen molar-refractivity contribution in [1.29, 1.82) is 0 Å². The highest BCUT2D eigenvalue weighted by atomic mass is 16.4. The third-order valence-corrected chi connectivity index (χ3v) is 4.05. The smallest absolute Gasteiger partial charge is 0.329 e. The molecule has 0 spiro atoms. The SMILES string of the molecule is CN(C(=O)NC1Cc2ccccc2C1)C(C)(C)C(=O)O. The van der Waals surface area contributed by atoms with Crippen molar-refractivity contribution in [3.8, 4) is 0 Å². The first-order chi connectivity index (χ1) is 9.32. The first-order valence-corrected chi connectivity index (χ1v) is 6.67. The van der Waals surface area contributed by atoms with Crippen molar-refractivity contribution in [3.05, 3.63) is 35.4 Å². The highest BCUT2D eigenvalue weighted by Crippen LogP contribution is 2.22. The van der Waals surface area contributed by atoms with E-state index in [9.17, 15) is 9.59 Å².